The molecule has 1 amide bonds. The van der Waals surface area contributed by atoms with Gasteiger partial charge in [-0.25, -0.2) is 4.39 Å². The Balaban J connectivity index is 1.97. The number of hydrogen-bond donors (Lipinski definition) is 2. The molecule has 2 aromatic carbocycles. The molecule has 2 aromatic rings. The van der Waals surface area contributed by atoms with Crippen molar-refractivity contribution < 1.29 is 9.18 Å². The highest BCUT2D eigenvalue weighted by atomic mass is 19.1. The quantitative estimate of drug-likeness (QED) is 0.813. The third kappa shape index (κ3) is 5.37. The summed E-state index contributed by atoms with van der Waals surface area (Å²) in [5.74, 6) is -0.706. The molecule has 2 rings (SSSR count). The van der Waals surface area contributed by atoms with Crippen molar-refractivity contribution in [2.75, 3.05) is 14.1 Å². The third-order valence-electron chi connectivity index (χ3n) is 4.20. The Hall–Kier alpha value is -2.24. The van der Waals surface area contributed by atoms with Crippen molar-refractivity contribution in [3.8, 4) is 0 Å². The molecule has 3 N–H and O–H groups in total. The maximum Gasteiger partial charge on any atom is 0.225 e. The maximum absolute atomic E-state index is 13.8. The summed E-state index contributed by atoms with van der Waals surface area (Å²) >= 11 is 0. The van der Waals surface area contributed by atoms with Gasteiger partial charge in [-0.1, -0.05) is 43.3 Å². The minimum atomic E-state index is -0.362. The molecule has 0 radical (unpaired) electrons. The van der Waals surface area contributed by atoms with Crippen molar-refractivity contribution in [3.05, 3.63) is 71.0 Å². The molecule has 0 fully saturated rings. The van der Waals surface area contributed by atoms with E-state index in [9.17, 15) is 9.18 Å². The molecule has 0 heterocycles. The summed E-state index contributed by atoms with van der Waals surface area (Å²) < 4.78 is 13.8. The Labute approximate surface area is 148 Å². The largest absolute Gasteiger partial charge is 0.352 e. The maximum atomic E-state index is 13.8. The fourth-order valence-electron chi connectivity index (χ4n) is 2.68. The number of rotatable bonds is 7. The summed E-state index contributed by atoms with van der Waals surface area (Å²) in [6, 6.07) is 14.1. The van der Waals surface area contributed by atoms with Gasteiger partial charge in [0.1, 0.15) is 5.82 Å². The van der Waals surface area contributed by atoms with E-state index in [4.69, 9.17) is 5.73 Å². The summed E-state index contributed by atoms with van der Waals surface area (Å²) in [6.07, 6.45) is 0. The first kappa shape index (κ1) is 19.1. The zero-order chi connectivity index (χ0) is 18.4. The van der Waals surface area contributed by atoms with Crippen LogP contribution in [0, 0.1) is 11.7 Å². The molecule has 2 unspecified atom stereocenters. The molecule has 0 aliphatic carbocycles. The average Bonchev–Trinajstić information content (AvgIpc) is 2.61. The van der Waals surface area contributed by atoms with Crippen LogP contribution in [0.3, 0.4) is 0 Å². The van der Waals surface area contributed by atoms with Crippen molar-refractivity contribution in [2.24, 2.45) is 11.7 Å². The number of nitrogens with zero attached hydrogens (tertiary/aromatic N) is 1. The average molecular weight is 343 g/mol. The molecule has 0 bridgehead atoms. The predicted molar refractivity (Wildman–Crippen MR) is 98.2 cm³/mol. The van der Waals surface area contributed by atoms with Crippen molar-refractivity contribution in [2.45, 2.75) is 26.1 Å². The minimum absolute atomic E-state index is 0.116. The van der Waals surface area contributed by atoms with Gasteiger partial charge < -0.3 is 16.0 Å². The molecule has 4 nitrogen and oxygen atoms in total. The van der Waals surface area contributed by atoms with Crippen LogP contribution in [0.5, 0.6) is 0 Å². The highest BCUT2D eigenvalue weighted by Gasteiger charge is 2.21. The number of carbonyl (C=O) groups is 1. The Morgan fingerprint density at radius 3 is 2.52 bits per heavy atom. The normalized spacial score (nSPS) is 13.5. The first-order valence-electron chi connectivity index (χ1n) is 8.38. The number of nitrogens with one attached hydrogen (secondary N) is 1. The van der Waals surface area contributed by atoms with E-state index in [1.54, 1.807) is 12.1 Å². The molecule has 0 spiro atoms. The Bertz CT molecular complexity index is 703. The van der Waals surface area contributed by atoms with Crippen LogP contribution in [-0.4, -0.2) is 24.9 Å². The SMILES string of the molecule is CC(C(=O)NCc1ccc(F)c(CN(C)C)c1)C(N)c1ccccc1. The van der Waals surface area contributed by atoms with Crippen LogP contribution < -0.4 is 11.1 Å². The van der Waals surface area contributed by atoms with E-state index in [0.29, 0.717) is 18.7 Å². The minimum Gasteiger partial charge on any atom is -0.352 e. The van der Waals surface area contributed by atoms with Crippen molar-refractivity contribution in [1.29, 1.82) is 0 Å². The van der Waals surface area contributed by atoms with E-state index in [2.05, 4.69) is 5.32 Å². The van der Waals surface area contributed by atoms with Gasteiger partial charge in [-0.15, -0.1) is 0 Å². The zero-order valence-corrected chi connectivity index (χ0v) is 15.0. The predicted octanol–water partition coefficient (Wildman–Crippen LogP) is 2.84. The third-order valence-corrected chi connectivity index (χ3v) is 4.20. The highest BCUT2D eigenvalue weighted by Crippen LogP contribution is 2.19. The molecule has 0 aliphatic heterocycles. The fraction of sp³-hybridized carbons (Fsp3) is 0.350. The van der Waals surface area contributed by atoms with Crippen molar-refractivity contribution >= 4 is 5.91 Å². The van der Waals surface area contributed by atoms with Crippen LogP contribution in [0.2, 0.25) is 0 Å². The van der Waals surface area contributed by atoms with Crippen LogP contribution in [0.25, 0.3) is 0 Å². The van der Waals surface area contributed by atoms with Crippen molar-refractivity contribution in [3.63, 3.8) is 0 Å². The van der Waals surface area contributed by atoms with E-state index >= 15 is 0 Å². The van der Waals surface area contributed by atoms with E-state index in [0.717, 1.165) is 11.1 Å². The molecule has 0 aliphatic rings. The van der Waals surface area contributed by atoms with Crippen LogP contribution in [0.15, 0.2) is 48.5 Å². The van der Waals surface area contributed by atoms with Gasteiger partial charge >= 0.3 is 0 Å². The molecule has 0 saturated carbocycles. The van der Waals surface area contributed by atoms with Gasteiger partial charge in [-0.2, -0.15) is 0 Å². The van der Waals surface area contributed by atoms with Gasteiger partial charge in [0.15, 0.2) is 0 Å². The van der Waals surface area contributed by atoms with E-state index < -0.39 is 0 Å². The first-order chi connectivity index (χ1) is 11.9. The summed E-state index contributed by atoms with van der Waals surface area (Å²) in [4.78, 5) is 14.3. The van der Waals surface area contributed by atoms with E-state index in [1.807, 2.05) is 56.3 Å². The molecular formula is C20H26FN3O. The molecule has 5 heteroatoms. The smallest absolute Gasteiger partial charge is 0.225 e. The number of benzene rings is 2. The Morgan fingerprint density at radius 2 is 1.88 bits per heavy atom. The van der Waals surface area contributed by atoms with Crippen LogP contribution in [-0.2, 0) is 17.9 Å². The standard InChI is InChI=1S/C20H26FN3O/c1-14(19(22)16-7-5-4-6-8-16)20(25)23-12-15-9-10-18(21)17(11-15)13-24(2)3/h4-11,14,19H,12-13,22H2,1-3H3,(H,23,25). The molecule has 0 aromatic heterocycles. The lowest BCUT2D eigenvalue weighted by Crippen LogP contribution is -2.35. The van der Waals surface area contributed by atoms with E-state index in [-0.39, 0.29) is 23.7 Å². The molecular weight excluding hydrogens is 317 g/mol. The molecule has 134 valence electrons. The van der Waals surface area contributed by atoms with Gasteiger partial charge in [-0.3, -0.25) is 4.79 Å². The fourth-order valence-corrected chi connectivity index (χ4v) is 2.68. The number of carbonyl (C=O) groups excluding carboxylic acids is 1. The highest BCUT2D eigenvalue weighted by molar-refractivity contribution is 5.79. The second-order valence-corrected chi connectivity index (χ2v) is 6.61. The van der Waals surface area contributed by atoms with Crippen LogP contribution in [0.1, 0.15) is 29.7 Å². The number of amides is 1. The van der Waals surface area contributed by atoms with E-state index in [1.165, 1.54) is 6.07 Å². The monoisotopic (exact) mass is 343 g/mol. The van der Waals surface area contributed by atoms with Gasteiger partial charge in [-0.05, 0) is 37.4 Å². The lowest BCUT2D eigenvalue weighted by molar-refractivity contribution is -0.125. The second-order valence-electron chi connectivity index (χ2n) is 6.61. The first-order valence-corrected chi connectivity index (χ1v) is 8.38. The number of halogens is 1. The van der Waals surface area contributed by atoms with Gasteiger partial charge in [0, 0.05) is 24.7 Å². The number of hydrogen-bond acceptors (Lipinski definition) is 3. The summed E-state index contributed by atoms with van der Waals surface area (Å²) in [6.45, 7) is 2.68. The summed E-state index contributed by atoms with van der Waals surface area (Å²) in [7, 11) is 3.78. The zero-order valence-electron chi connectivity index (χ0n) is 15.0. The molecule has 0 saturated heterocycles. The molecule has 25 heavy (non-hydrogen) atoms. The Kier molecular flexibility index (Phi) is 6.67. The molecule has 2 atom stereocenters. The van der Waals surface area contributed by atoms with Gasteiger partial charge in [0.25, 0.3) is 0 Å². The van der Waals surface area contributed by atoms with Gasteiger partial charge in [0.2, 0.25) is 5.91 Å². The summed E-state index contributed by atoms with van der Waals surface area (Å²) in [5, 5.41) is 2.89. The Morgan fingerprint density at radius 1 is 1.20 bits per heavy atom. The van der Waals surface area contributed by atoms with Crippen LogP contribution in [0.4, 0.5) is 4.39 Å². The lowest BCUT2D eigenvalue weighted by Gasteiger charge is -2.20. The number of nitrogens with two attached hydrogens (primary N) is 1. The topological polar surface area (TPSA) is 58.4 Å². The van der Waals surface area contributed by atoms with Crippen LogP contribution >= 0.6 is 0 Å². The van der Waals surface area contributed by atoms with Gasteiger partial charge in [0.05, 0.1) is 5.92 Å². The lowest BCUT2D eigenvalue weighted by atomic mass is 9.94. The second kappa shape index (κ2) is 8.74. The summed E-state index contributed by atoms with van der Waals surface area (Å²) in [5.41, 5.74) is 8.61. The van der Waals surface area contributed by atoms with Crippen molar-refractivity contribution in [1.82, 2.24) is 10.2 Å².